The van der Waals surface area contributed by atoms with Crippen molar-refractivity contribution < 1.29 is 14.7 Å². The fraction of sp³-hybridized carbons (Fsp3) is 0.355. The number of amides is 1. The van der Waals surface area contributed by atoms with Gasteiger partial charge in [0.15, 0.2) is 0 Å². The summed E-state index contributed by atoms with van der Waals surface area (Å²) in [7, 11) is 1.90. The van der Waals surface area contributed by atoms with Crippen LogP contribution in [0.15, 0.2) is 78.9 Å². The largest absolute Gasteiger partial charge is 0.480 e. The second kappa shape index (κ2) is 10.2. The van der Waals surface area contributed by atoms with Crippen molar-refractivity contribution in [2.75, 3.05) is 18.9 Å². The molecular formula is C31H33ClN2O3. The van der Waals surface area contributed by atoms with E-state index >= 15 is 0 Å². The van der Waals surface area contributed by atoms with Crippen LogP contribution < -0.4 is 5.32 Å². The fourth-order valence-electron chi connectivity index (χ4n) is 6.40. The van der Waals surface area contributed by atoms with Crippen LogP contribution in [0.3, 0.4) is 0 Å². The van der Waals surface area contributed by atoms with Crippen molar-refractivity contribution in [3.05, 3.63) is 101 Å². The van der Waals surface area contributed by atoms with Gasteiger partial charge in [0.2, 0.25) is 5.91 Å². The van der Waals surface area contributed by atoms with Gasteiger partial charge >= 0.3 is 5.97 Å². The second-order valence-electron chi connectivity index (χ2n) is 10.6. The number of halogens is 1. The summed E-state index contributed by atoms with van der Waals surface area (Å²) >= 11 is 6.16. The summed E-state index contributed by atoms with van der Waals surface area (Å²) in [6.07, 6.45) is 3.63. The van der Waals surface area contributed by atoms with Gasteiger partial charge in [-0.2, -0.15) is 0 Å². The van der Waals surface area contributed by atoms with Crippen molar-refractivity contribution in [1.82, 2.24) is 4.90 Å². The standard InChI is InChI=1S/C31H33ClN2O3/c1-34(19-14-22-8-3-2-4-9-22)28(35)27-20-23-10-5-6-13-26(23)30(27)15-17-31(18-16-30,29(36)37)33-25-12-7-11-24(32)21-25/h2-13,21,27,33H,14-20H2,1H3,(H,36,37)/t27-,30?,31?/m1/s1. The van der Waals surface area contributed by atoms with Crippen molar-refractivity contribution in [3.63, 3.8) is 0 Å². The van der Waals surface area contributed by atoms with Crippen molar-refractivity contribution >= 4 is 29.2 Å². The molecule has 1 spiro atoms. The van der Waals surface area contributed by atoms with Gasteiger partial charge in [-0.15, -0.1) is 0 Å². The van der Waals surface area contributed by atoms with Gasteiger partial charge in [-0.05, 0) is 73.4 Å². The smallest absolute Gasteiger partial charge is 0.329 e. The van der Waals surface area contributed by atoms with E-state index in [9.17, 15) is 14.7 Å². The Hall–Kier alpha value is -3.31. The maximum Gasteiger partial charge on any atom is 0.329 e. The molecule has 0 aliphatic heterocycles. The van der Waals surface area contributed by atoms with E-state index in [0.29, 0.717) is 49.4 Å². The molecule has 0 heterocycles. The Kier molecular flexibility index (Phi) is 7.00. The minimum atomic E-state index is -1.10. The minimum absolute atomic E-state index is 0.151. The zero-order valence-electron chi connectivity index (χ0n) is 21.1. The number of nitrogens with one attached hydrogen (secondary N) is 1. The number of benzene rings is 3. The third-order valence-electron chi connectivity index (χ3n) is 8.51. The SMILES string of the molecule is CN(CCc1ccccc1)C(=O)[C@H]1Cc2ccccc2C12CCC(Nc1cccc(Cl)c1)(C(=O)O)CC2. The van der Waals surface area contributed by atoms with Crippen molar-refractivity contribution in [3.8, 4) is 0 Å². The van der Waals surface area contributed by atoms with Gasteiger partial charge in [0.05, 0.1) is 5.92 Å². The van der Waals surface area contributed by atoms with Crippen LogP contribution in [0, 0.1) is 5.92 Å². The number of anilines is 1. The quantitative estimate of drug-likeness (QED) is 0.406. The molecule has 0 unspecified atom stereocenters. The molecule has 3 aromatic carbocycles. The first kappa shape index (κ1) is 25.3. The molecule has 2 N–H and O–H groups in total. The van der Waals surface area contributed by atoms with E-state index in [1.54, 1.807) is 12.1 Å². The Morgan fingerprint density at radius 1 is 0.973 bits per heavy atom. The molecule has 37 heavy (non-hydrogen) atoms. The van der Waals surface area contributed by atoms with Crippen LogP contribution in [0.5, 0.6) is 0 Å². The lowest BCUT2D eigenvalue weighted by molar-refractivity contribution is -0.144. The Morgan fingerprint density at radius 3 is 2.38 bits per heavy atom. The molecule has 6 heteroatoms. The zero-order valence-corrected chi connectivity index (χ0v) is 21.9. The van der Waals surface area contributed by atoms with Gasteiger partial charge in [-0.1, -0.05) is 72.3 Å². The number of nitrogens with zero attached hydrogens (tertiary/aromatic N) is 1. The summed E-state index contributed by atoms with van der Waals surface area (Å²) in [4.78, 5) is 28.4. The van der Waals surface area contributed by atoms with E-state index in [1.165, 1.54) is 16.7 Å². The molecular weight excluding hydrogens is 484 g/mol. The highest BCUT2D eigenvalue weighted by atomic mass is 35.5. The number of carbonyl (C=O) groups excluding carboxylic acids is 1. The molecule has 0 radical (unpaired) electrons. The summed E-state index contributed by atoms with van der Waals surface area (Å²) in [5, 5.41) is 14.2. The Bertz CT molecular complexity index is 1280. The number of likely N-dealkylation sites (N-methyl/N-ethyl adjacent to an activating group) is 1. The molecule has 2 aliphatic carbocycles. The van der Waals surface area contributed by atoms with Gasteiger partial charge in [0.25, 0.3) is 0 Å². The van der Waals surface area contributed by atoms with Crippen LogP contribution in [0.4, 0.5) is 5.69 Å². The highest BCUT2D eigenvalue weighted by Gasteiger charge is 2.56. The normalized spacial score (nSPS) is 24.4. The van der Waals surface area contributed by atoms with Crippen LogP contribution in [-0.4, -0.2) is 41.0 Å². The number of carboxylic acids is 1. The van der Waals surface area contributed by atoms with Crippen LogP contribution in [0.25, 0.3) is 0 Å². The molecule has 1 amide bonds. The molecule has 5 nitrogen and oxygen atoms in total. The highest BCUT2D eigenvalue weighted by Crippen LogP contribution is 2.55. The first-order chi connectivity index (χ1) is 17.8. The van der Waals surface area contributed by atoms with Gasteiger partial charge in [-0.25, -0.2) is 4.79 Å². The maximum absolute atomic E-state index is 13.9. The van der Waals surface area contributed by atoms with Crippen LogP contribution in [0.2, 0.25) is 5.02 Å². The van der Waals surface area contributed by atoms with E-state index in [2.05, 4.69) is 29.6 Å². The average Bonchev–Trinajstić information content (AvgIpc) is 3.22. The Balaban J connectivity index is 1.39. The van der Waals surface area contributed by atoms with Crippen molar-refractivity contribution in [2.24, 2.45) is 5.92 Å². The lowest BCUT2D eigenvalue weighted by atomic mass is 9.60. The van der Waals surface area contributed by atoms with E-state index in [1.807, 2.05) is 54.4 Å². The molecule has 192 valence electrons. The monoisotopic (exact) mass is 516 g/mol. The molecule has 1 fully saturated rings. The topological polar surface area (TPSA) is 69.6 Å². The number of rotatable bonds is 7. The third-order valence-corrected chi connectivity index (χ3v) is 8.75. The lowest BCUT2D eigenvalue weighted by Crippen LogP contribution is -2.54. The van der Waals surface area contributed by atoms with Crippen LogP contribution >= 0.6 is 11.6 Å². The number of carbonyl (C=O) groups is 2. The van der Waals surface area contributed by atoms with Crippen LogP contribution in [0.1, 0.15) is 42.4 Å². The first-order valence-electron chi connectivity index (χ1n) is 13.0. The van der Waals surface area contributed by atoms with Gasteiger partial charge in [0.1, 0.15) is 5.54 Å². The number of aliphatic carboxylic acids is 1. The summed E-state index contributed by atoms with van der Waals surface area (Å²) < 4.78 is 0. The lowest BCUT2D eigenvalue weighted by Gasteiger charge is -2.47. The highest BCUT2D eigenvalue weighted by molar-refractivity contribution is 6.30. The summed E-state index contributed by atoms with van der Waals surface area (Å²) in [5.74, 6) is -0.905. The van der Waals surface area contributed by atoms with Gasteiger partial charge < -0.3 is 15.3 Å². The summed E-state index contributed by atoms with van der Waals surface area (Å²) in [6.45, 7) is 0.654. The van der Waals surface area contributed by atoms with E-state index in [0.717, 1.165) is 6.42 Å². The van der Waals surface area contributed by atoms with E-state index in [4.69, 9.17) is 11.6 Å². The molecule has 0 saturated heterocycles. The molecule has 1 atom stereocenters. The third kappa shape index (κ3) is 4.85. The zero-order chi connectivity index (χ0) is 26.0. The average molecular weight is 517 g/mol. The molecule has 1 saturated carbocycles. The maximum atomic E-state index is 13.9. The van der Waals surface area contributed by atoms with Crippen molar-refractivity contribution in [1.29, 1.82) is 0 Å². The Labute approximate surface area is 223 Å². The molecule has 5 rings (SSSR count). The first-order valence-corrected chi connectivity index (χ1v) is 13.4. The number of carboxylic acid groups (broad SMARTS) is 1. The second-order valence-corrected chi connectivity index (χ2v) is 11.0. The predicted molar refractivity (Wildman–Crippen MR) is 147 cm³/mol. The van der Waals surface area contributed by atoms with E-state index in [-0.39, 0.29) is 17.2 Å². The molecule has 2 aliphatic rings. The van der Waals surface area contributed by atoms with Gasteiger partial charge in [-0.3, -0.25) is 4.79 Å². The van der Waals surface area contributed by atoms with E-state index < -0.39 is 11.5 Å². The molecule has 3 aromatic rings. The van der Waals surface area contributed by atoms with Crippen LogP contribution in [-0.2, 0) is 27.8 Å². The summed E-state index contributed by atoms with van der Waals surface area (Å²) in [5.41, 5.74) is 2.88. The predicted octanol–water partition coefficient (Wildman–Crippen LogP) is 5.96. The number of hydrogen-bond donors (Lipinski definition) is 2. The molecule has 0 bridgehead atoms. The number of hydrogen-bond acceptors (Lipinski definition) is 3. The molecule has 0 aromatic heterocycles. The minimum Gasteiger partial charge on any atom is -0.480 e. The Morgan fingerprint density at radius 2 is 1.68 bits per heavy atom. The van der Waals surface area contributed by atoms with Crippen molar-refractivity contribution in [2.45, 2.75) is 49.5 Å². The van der Waals surface area contributed by atoms with Gasteiger partial charge in [0, 0.05) is 29.7 Å². The number of fused-ring (bicyclic) bond motifs is 2. The fourth-order valence-corrected chi connectivity index (χ4v) is 6.59. The summed E-state index contributed by atoms with van der Waals surface area (Å²) in [6, 6.07) is 25.8.